The fourth-order valence-electron chi connectivity index (χ4n) is 2.33. The molecule has 1 aromatic heterocycles. The Balaban J connectivity index is 2.18. The van der Waals surface area contributed by atoms with Crippen molar-refractivity contribution in [3.63, 3.8) is 0 Å². The summed E-state index contributed by atoms with van der Waals surface area (Å²) in [5.74, 6) is 0. The Morgan fingerprint density at radius 3 is 2.47 bits per heavy atom. The Morgan fingerprint density at radius 1 is 1.05 bits per heavy atom. The number of fused-ring (bicyclic) bond motifs is 1. The van der Waals surface area contributed by atoms with Crippen molar-refractivity contribution < 1.29 is 0 Å². The third-order valence-electron chi connectivity index (χ3n) is 3.33. The average molecular weight is 396 g/mol. The van der Waals surface area contributed by atoms with E-state index < -0.39 is 0 Å². The Kier molecular flexibility index (Phi) is 3.79. The molecule has 3 rings (SSSR count). The third-order valence-corrected chi connectivity index (χ3v) is 5.87. The molecule has 1 atom stereocenters. The number of aryl methyl sites for hydroxylation is 1. The van der Waals surface area contributed by atoms with Crippen LogP contribution in [0.1, 0.15) is 21.5 Å². The van der Waals surface area contributed by atoms with Gasteiger partial charge in [0, 0.05) is 0 Å². The van der Waals surface area contributed by atoms with Gasteiger partial charge in [-0.1, -0.05) is 52.3 Å². The first-order valence-electron chi connectivity index (χ1n) is 6.03. The summed E-state index contributed by atoms with van der Waals surface area (Å²) >= 11 is 9.09. The molecule has 3 aromatic rings. The lowest BCUT2D eigenvalue weighted by atomic mass is 9.97. The number of thiophene rings is 1. The summed E-state index contributed by atoms with van der Waals surface area (Å²) < 4.78 is 1.17. The molecule has 0 aliphatic heterocycles. The standard InChI is InChI=1S/C16H12Br2S/c1-10-6-7-14(13-5-3-2-4-12(10)13)16(18)11-8-15(17)19-9-11/h2-9,16H,1H3. The molecule has 0 aliphatic carbocycles. The third kappa shape index (κ3) is 2.51. The van der Waals surface area contributed by atoms with Gasteiger partial charge in [-0.25, -0.2) is 0 Å². The van der Waals surface area contributed by atoms with E-state index in [-0.39, 0.29) is 4.83 Å². The number of alkyl halides is 1. The van der Waals surface area contributed by atoms with Crippen LogP contribution in [0.15, 0.2) is 51.6 Å². The lowest BCUT2D eigenvalue weighted by Crippen LogP contribution is -1.93. The van der Waals surface area contributed by atoms with Gasteiger partial charge in [0.25, 0.3) is 0 Å². The molecule has 96 valence electrons. The van der Waals surface area contributed by atoms with Crippen LogP contribution < -0.4 is 0 Å². The summed E-state index contributed by atoms with van der Waals surface area (Å²) in [6.45, 7) is 2.16. The van der Waals surface area contributed by atoms with Crippen LogP contribution >= 0.6 is 43.2 Å². The Bertz CT molecular complexity index is 730. The fraction of sp³-hybridized carbons (Fsp3) is 0.125. The van der Waals surface area contributed by atoms with Gasteiger partial charge in [-0.05, 0) is 61.8 Å². The second kappa shape index (κ2) is 5.39. The molecule has 0 N–H and O–H groups in total. The van der Waals surface area contributed by atoms with Crippen LogP contribution in [0.2, 0.25) is 0 Å². The maximum atomic E-state index is 3.84. The van der Waals surface area contributed by atoms with E-state index in [0.717, 1.165) is 0 Å². The summed E-state index contributed by atoms with van der Waals surface area (Å²) in [6, 6.07) is 15.2. The molecule has 1 heterocycles. The van der Waals surface area contributed by atoms with Gasteiger partial charge in [0.1, 0.15) is 0 Å². The van der Waals surface area contributed by atoms with Gasteiger partial charge >= 0.3 is 0 Å². The molecule has 3 heteroatoms. The van der Waals surface area contributed by atoms with Crippen molar-refractivity contribution >= 4 is 54.0 Å². The summed E-state index contributed by atoms with van der Waals surface area (Å²) in [5.41, 5.74) is 3.95. The molecule has 0 saturated carbocycles. The minimum absolute atomic E-state index is 0.237. The van der Waals surface area contributed by atoms with Crippen molar-refractivity contribution in [1.29, 1.82) is 0 Å². The first-order chi connectivity index (χ1) is 9.16. The van der Waals surface area contributed by atoms with E-state index in [9.17, 15) is 0 Å². The van der Waals surface area contributed by atoms with Crippen LogP contribution in [0, 0.1) is 6.92 Å². The van der Waals surface area contributed by atoms with Gasteiger partial charge in [0.15, 0.2) is 0 Å². The van der Waals surface area contributed by atoms with E-state index in [1.807, 2.05) is 0 Å². The molecule has 0 nitrogen and oxygen atoms in total. The second-order valence-corrected chi connectivity index (χ2v) is 7.77. The van der Waals surface area contributed by atoms with E-state index >= 15 is 0 Å². The molecular formula is C16H12Br2S. The number of hydrogen-bond donors (Lipinski definition) is 0. The lowest BCUT2D eigenvalue weighted by Gasteiger charge is -2.13. The minimum Gasteiger partial charge on any atom is -0.136 e. The zero-order chi connectivity index (χ0) is 13.4. The van der Waals surface area contributed by atoms with Crippen LogP contribution in [0.3, 0.4) is 0 Å². The van der Waals surface area contributed by atoms with E-state index in [4.69, 9.17) is 0 Å². The Labute approximate surface area is 133 Å². The number of hydrogen-bond acceptors (Lipinski definition) is 1. The largest absolute Gasteiger partial charge is 0.136 e. The van der Waals surface area contributed by atoms with Gasteiger partial charge in [-0.3, -0.25) is 0 Å². The normalized spacial score (nSPS) is 12.8. The van der Waals surface area contributed by atoms with Crippen LogP contribution in [-0.4, -0.2) is 0 Å². The van der Waals surface area contributed by atoms with Gasteiger partial charge < -0.3 is 0 Å². The molecule has 0 amide bonds. The molecule has 0 aliphatic rings. The van der Waals surface area contributed by atoms with Crippen molar-refractivity contribution in [2.75, 3.05) is 0 Å². The number of benzene rings is 2. The molecule has 0 radical (unpaired) electrons. The summed E-state index contributed by atoms with van der Waals surface area (Å²) in [6.07, 6.45) is 0. The van der Waals surface area contributed by atoms with Crippen LogP contribution in [0.4, 0.5) is 0 Å². The average Bonchev–Trinajstić information content (AvgIpc) is 2.86. The highest BCUT2D eigenvalue weighted by Gasteiger charge is 2.15. The highest BCUT2D eigenvalue weighted by molar-refractivity contribution is 9.11. The van der Waals surface area contributed by atoms with Crippen molar-refractivity contribution in [3.05, 3.63) is 68.3 Å². The zero-order valence-corrected chi connectivity index (χ0v) is 14.3. The lowest BCUT2D eigenvalue weighted by molar-refractivity contribution is 1.21. The van der Waals surface area contributed by atoms with Crippen LogP contribution in [0.5, 0.6) is 0 Å². The fourth-order valence-corrected chi connectivity index (χ4v) is 4.37. The van der Waals surface area contributed by atoms with Crippen molar-refractivity contribution in [3.8, 4) is 0 Å². The SMILES string of the molecule is Cc1ccc(C(Br)c2csc(Br)c2)c2ccccc12. The molecule has 2 aromatic carbocycles. The zero-order valence-electron chi connectivity index (χ0n) is 10.4. The van der Waals surface area contributed by atoms with Gasteiger partial charge in [0.05, 0.1) is 8.61 Å². The van der Waals surface area contributed by atoms with E-state index in [0.29, 0.717) is 0 Å². The van der Waals surface area contributed by atoms with E-state index in [1.54, 1.807) is 11.3 Å². The maximum Gasteiger partial charge on any atom is 0.0701 e. The first-order valence-corrected chi connectivity index (χ1v) is 8.62. The summed E-state index contributed by atoms with van der Waals surface area (Å²) in [5, 5.41) is 4.85. The van der Waals surface area contributed by atoms with Gasteiger partial charge in [-0.2, -0.15) is 0 Å². The molecule has 0 saturated heterocycles. The van der Waals surface area contributed by atoms with E-state index in [2.05, 4.69) is 86.6 Å². The minimum atomic E-state index is 0.237. The smallest absolute Gasteiger partial charge is 0.0701 e. The highest BCUT2D eigenvalue weighted by Crippen LogP contribution is 2.38. The molecule has 19 heavy (non-hydrogen) atoms. The first kappa shape index (κ1) is 13.3. The number of rotatable bonds is 2. The maximum absolute atomic E-state index is 3.84. The molecule has 0 fully saturated rings. The van der Waals surface area contributed by atoms with Gasteiger partial charge in [-0.15, -0.1) is 11.3 Å². The topological polar surface area (TPSA) is 0 Å². The molecule has 0 spiro atoms. The summed E-state index contributed by atoms with van der Waals surface area (Å²) in [4.78, 5) is 0.237. The van der Waals surface area contributed by atoms with Crippen molar-refractivity contribution in [1.82, 2.24) is 0 Å². The molecule has 0 bridgehead atoms. The predicted octanol–water partition coefficient (Wildman–Crippen LogP) is 6.46. The Morgan fingerprint density at radius 2 is 1.79 bits per heavy atom. The van der Waals surface area contributed by atoms with Crippen LogP contribution in [-0.2, 0) is 0 Å². The molecule has 1 unspecified atom stereocenters. The van der Waals surface area contributed by atoms with Gasteiger partial charge in [0.2, 0.25) is 0 Å². The summed E-state index contributed by atoms with van der Waals surface area (Å²) in [7, 11) is 0. The Hall–Kier alpha value is -0.640. The second-order valence-electron chi connectivity index (χ2n) is 4.56. The van der Waals surface area contributed by atoms with Crippen molar-refractivity contribution in [2.45, 2.75) is 11.8 Å². The highest BCUT2D eigenvalue weighted by atomic mass is 79.9. The number of halogens is 2. The predicted molar refractivity (Wildman–Crippen MR) is 91.5 cm³/mol. The monoisotopic (exact) mass is 394 g/mol. The molecular weight excluding hydrogens is 384 g/mol. The van der Waals surface area contributed by atoms with E-state index in [1.165, 1.54) is 31.2 Å². The van der Waals surface area contributed by atoms with Crippen molar-refractivity contribution in [2.24, 2.45) is 0 Å². The quantitative estimate of drug-likeness (QED) is 0.437. The van der Waals surface area contributed by atoms with Crippen LogP contribution in [0.25, 0.3) is 10.8 Å².